The van der Waals surface area contributed by atoms with Crippen molar-refractivity contribution in [3.63, 3.8) is 0 Å². The van der Waals surface area contributed by atoms with Gasteiger partial charge in [0.1, 0.15) is 17.7 Å². The predicted molar refractivity (Wildman–Crippen MR) is 109 cm³/mol. The van der Waals surface area contributed by atoms with Gasteiger partial charge in [-0.05, 0) is 38.7 Å². The fourth-order valence-electron chi connectivity index (χ4n) is 3.77. The molecule has 2 fully saturated rings. The zero-order chi connectivity index (χ0) is 21.9. The normalized spacial score (nSPS) is 24.6. The Morgan fingerprint density at radius 2 is 1.87 bits per heavy atom. The number of Topliss-reactive ketones (excluding diaryl/α,β-unsaturated/α-hetero) is 1. The van der Waals surface area contributed by atoms with Gasteiger partial charge in [-0.1, -0.05) is 30.3 Å². The van der Waals surface area contributed by atoms with E-state index in [1.807, 2.05) is 30.3 Å². The van der Waals surface area contributed by atoms with Gasteiger partial charge in [0.15, 0.2) is 5.78 Å². The lowest BCUT2D eigenvalue weighted by molar-refractivity contribution is -0.138. The third kappa shape index (κ3) is 5.05. The molecule has 2 N–H and O–H groups in total. The molecule has 0 bridgehead atoms. The first-order valence-electron chi connectivity index (χ1n) is 10.3. The highest BCUT2D eigenvalue weighted by atomic mass is 16.6. The molecule has 0 spiro atoms. The molecule has 2 heterocycles. The molecule has 8 heteroatoms. The molecule has 0 aromatic heterocycles. The zero-order valence-corrected chi connectivity index (χ0v) is 17.6. The van der Waals surface area contributed by atoms with Gasteiger partial charge in [0.25, 0.3) is 0 Å². The van der Waals surface area contributed by atoms with E-state index in [9.17, 15) is 19.2 Å². The molecule has 30 heavy (non-hydrogen) atoms. The van der Waals surface area contributed by atoms with Crippen molar-refractivity contribution in [1.29, 1.82) is 0 Å². The van der Waals surface area contributed by atoms with Gasteiger partial charge < -0.3 is 20.3 Å². The summed E-state index contributed by atoms with van der Waals surface area (Å²) in [5, 5.41) is 5.46. The molecular formula is C22H29N3O5. The molecular weight excluding hydrogens is 386 g/mol. The first kappa shape index (κ1) is 22.0. The monoisotopic (exact) mass is 415 g/mol. The van der Waals surface area contributed by atoms with E-state index in [4.69, 9.17) is 4.74 Å². The van der Waals surface area contributed by atoms with Crippen molar-refractivity contribution in [2.45, 2.75) is 63.8 Å². The summed E-state index contributed by atoms with van der Waals surface area (Å²) >= 11 is 0. The summed E-state index contributed by atoms with van der Waals surface area (Å²) in [6, 6.07) is 7.26. The number of carbonyl (C=O) groups excluding carboxylic acids is 4. The summed E-state index contributed by atoms with van der Waals surface area (Å²) in [7, 11) is 0. The number of nitrogens with zero attached hydrogens (tertiary/aromatic N) is 1. The number of likely N-dealkylation sites (tertiary alicyclic amines) is 1. The number of epoxide rings is 1. The van der Waals surface area contributed by atoms with Crippen molar-refractivity contribution >= 4 is 23.5 Å². The van der Waals surface area contributed by atoms with Crippen LogP contribution in [0.4, 0.5) is 0 Å². The van der Waals surface area contributed by atoms with E-state index in [1.54, 1.807) is 13.8 Å². The van der Waals surface area contributed by atoms with Crippen LogP contribution in [0.5, 0.6) is 0 Å². The summed E-state index contributed by atoms with van der Waals surface area (Å²) < 4.78 is 5.28. The fourth-order valence-corrected chi connectivity index (χ4v) is 3.77. The van der Waals surface area contributed by atoms with Gasteiger partial charge in [-0.2, -0.15) is 0 Å². The lowest BCUT2D eigenvalue weighted by Gasteiger charge is -2.25. The van der Waals surface area contributed by atoms with Crippen LogP contribution >= 0.6 is 0 Å². The van der Waals surface area contributed by atoms with Crippen LogP contribution in [-0.4, -0.2) is 65.3 Å². The predicted octanol–water partition coefficient (Wildman–Crippen LogP) is 0.588. The van der Waals surface area contributed by atoms with Gasteiger partial charge in [-0.3, -0.25) is 19.2 Å². The Bertz CT molecular complexity index is 821. The average Bonchev–Trinajstić information content (AvgIpc) is 3.27. The minimum atomic E-state index is -0.870. The number of hydrogen-bond donors (Lipinski definition) is 2. The van der Waals surface area contributed by atoms with E-state index in [1.165, 1.54) is 11.8 Å². The van der Waals surface area contributed by atoms with Gasteiger partial charge in [0.05, 0.1) is 12.6 Å². The molecule has 3 amide bonds. The molecule has 4 atom stereocenters. The molecule has 162 valence electrons. The van der Waals surface area contributed by atoms with Crippen molar-refractivity contribution in [2.24, 2.45) is 0 Å². The Morgan fingerprint density at radius 3 is 2.47 bits per heavy atom. The van der Waals surface area contributed by atoms with Crippen molar-refractivity contribution in [1.82, 2.24) is 15.5 Å². The second-order valence-electron chi connectivity index (χ2n) is 8.24. The lowest BCUT2D eigenvalue weighted by atomic mass is 9.94. The van der Waals surface area contributed by atoms with Crippen LogP contribution < -0.4 is 10.6 Å². The van der Waals surface area contributed by atoms with Gasteiger partial charge >= 0.3 is 0 Å². The third-order valence-electron chi connectivity index (χ3n) is 5.73. The van der Waals surface area contributed by atoms with Gasteiger partial charge in [-0.25, -0.2) is 0 Å². The molecule has 0 radical (unpaired) electrons. The SMILES string of the molecule is CC(=O)N1CCC[C@@H]1C(=O)N[C@@H](C)C(=O)N[C@@H](Cc1ccccc1)C(=O)C1(C)CO1. The highest BCUT2D eigenvalue weighted by molar-refractivity contribution is 5.98. The third-order valence-corrected chi connectivity index (χ3v) is 5.73. The maximum absolute atomic E-state index is 12.9. The molecule has 1 unspecified atom stereocenters. The molecule has 2 aliphatic rings. The van der Waals surface area contributed by atoms with Crippen LogP contribution in [0, 0.1) is 0 Å². The van der Waals surface area contributed by atoms with Crippen LogP contribution in [0.1, 0.15) is 39.2 Å². The number of hydrogen-bond acceptors (Lipinski definition) is 5. The first-order valence-corrected chi connectivity index (χ1v) is 10.3. The molecule has 1 aromatic rings. The summed E-state index contributed by atoms with van der Waals surface area (Å²) in [6.07, 6.45) is 1.67. The number of amides is 3. The van der Waals surface area contributed by atoms with E-state index in [2.05, 4.69) is 10.6 Å². The number of nitrogens with one attached hydrogen (secondary N) is 2. The topological polar surface area (TPSA) is 108 Å². The smallest absolute Gasteiger partial charge is 0.243 e. The molecule has 8 nitrogen and oxygen atoms in total. The number of carbonyl (C=O) groups is 4. The highest BCUT2D eigenvalue weighted by Crippen LogP contribution is 2.29. The Labute approximate surface area is 176 Å². The Balaban J connectivity index is 1.63. The summed E-state index contributed by atoms with van der Waals surface area (Å²) in [5.41, 5.74) is 0.0468. The Morgan fingerprint density at radius 1 is 1.20 bits per heavy atom. The first-order chi connectivity index (χ1) is 14.2. The van der Waals surface area contributed by atoms with Crippen LogP contribution in [0.25, 0.3) is 0 Å². The lowest BCUT2D eigenvalue weighted by Crippen LogP contribution is -2.55. The van der Waals surface area contributed by atoms with E-state index >= 15 is 0 Å². The summed E-state index contributed by atoms with van der Waals surface area (Å²) in [6.45, 7) is 5.59. The van der Waals surface area contributed by atoms with Gasteiger partial charge in [0.2, 0.25) is 17.7 Å². The highest BCUT2D eigenvalue weighted by Gasteiger charge is 2.50. The van der Waals surface area contributed by atoms with E-state index in [0.29, 0.717) is 26.0 Å². The van der Waals surface area contributed by atoms with Gasteiger partial charge in [-0.15, -0.1) is 0 Å². The standard InChI is InChI=1S/C22H29N3O5/c1-14(23-21(29)18-10-7-11-25(18)15(2)26)20(28)24-17(19(27)22(3)13-30-22)12-16-8-5-4-6-9-16/h4-6,8-9,14,17-18H,7,10-13H2,1-3H3,(H,23,29)(H,24,28)/t14-,17-,18+,22?/m0/s1. The van der Waals surface area contributed by atoms with Crippen molar-refractivity contribution in [3.05, 3.63) is 35.9 Å². The molecule has 2 aliphatic heterocycles. The van der Waals surface area contributed by atoms with Crippen LogP contribution in [0.2, 0.25) is 0 Å². The molecule has 3 rings (SSSR count). The van der Waals surface area contributed by atoms with Crippen molar-refractivity contribution in [2.75, 3.05) is 13.2 Å². The fraction of sp³-hybridized carbons (Fsp3) is 0.545. The Hall–Kier alpha value is -2.74. The maximum Gasteiger partial charge on any atom is 0.243 e. The molecule has 0 aliphatic carbocycles. The molecule has 1 aromatic carbocycles. The van der Waals surface area contributed by atoms with E-state index in [-0.39, 0.29) is 17.6 Å². The Kier molecular flexibility index (Phi) is 6.55. The quantitative estimate of drug-likeness (QED) is 0.604. The van der Waals surface area contributed by atoms with Gasteiger partial charge in [0, 0.05) is 13.5 Å². The van der Waals surface area contributed by atoms with E-state index in [0.717, 1.165) is 12.0 Å². The van der Waals surface area contributed by atoms with Crippen molar-refractivity contribution < 1.29 is 23.9 Å². The molecule has 2 saturated heterocycles. The van der Waals surface area contributed by atoms with Crippen molar-refractivity contribution in [3.8, 4) is 0 Å². The van der Waals surface area contributed by atoms with Crippen LogP contribution in [0.3, 0.4) is 0 Å². The molecule has 0 saturated carbocycles. The number of ether oxygens (including phenoxy) is 1. The van der Waals surface area contributed by atoms with Crippen LogP contribution in [0.15, 0.2) is 30.3 Å². The zero-order valence-electron chi connectivity index (χ0n) is 17.6. The minimum absolute atomic E-state index is 0.157. The minimum Gasteiger partial charge on any atom is -0.361 e. The maximum atomic E-state index is 12.9. The number of benzene rings is 1. The largest absolute Gasteiger partial charge is 0.361 e. The summed E-state index contributed by atoms with van der Waals surface area (Å²) in [5.74, 6) is -1.14. The second-order valence-corrected chi connectivity index (χ2v) is 8.24. The van der Waals surface area contributed by atoms with Crippen LogP contribution in [-0.2, 0) is 30.3 Å². The second kappa shape index (κ2) is 8.95. The number of ketones is 1. The average molecular weight is 415 g/mol. The van der Waals surface area contributed by atoms with E-state index < -0.39 is 29.6 Å². The number of rotatable bonds is 8. The summed E-state index contributed by atoms with van der Waals surface area (Å²) in [4.78, 5) is 51.4.